The molecule has 0 fully saturated rings. The predicted octanol–water partition coefficient (Wildman–Crippen LogP) is 6.15. The molecular weight excluding hydrogens is 396 g/mol. The van der Waals surface area contributed by atoms with E-state index in [2.05, 4.69) is 71.3 Å². The monoisotopic (exact) mass is 418 g/mol. The minimum absolute atomic E-state index is 0.0220. The molecule has 3 aromatic carbocycles. The molecule has 156 valence electrons. The van der Waals surface area contributed by atoms with Crippen LogP contribution in [0.2, 0.25) is 0 Å². The van der Waals surface area contributed by atoms with Crippen molar-refractivity contribution in [2.24, 2.45) is 5.92 Å². The minimum Gasteiger partial charge on any atom is -0.470 e. The molecule has 4 heterocycles. The molecule has 0 radical (unpaired) electrons. The van der Waals surface area contributed by atoms with Crippen molar-refractivity contribution in [1.82, 2.24) is 9.13 Å². The molecule has 0 bridgehead atoms. The number of benzene rings is 3. The molecule has 7 rings (SSSR count). The van der Waals surface area contributed by atoms with Crippen molar-refractivity contribution in [3.63, 3.8) is 0 Å². The SMILES string of the molecule is CC(=O)n1c2c(c3ccccc31)[C@@H]1c3cc4ccccc4n3C[C@H]1C(c1ccccc1)O2. The predicted molar refractivity (Wildman–Crippen MR) is 125 cm³/mol. The molecule has 32 heavy (non-hydrogen) atoms. The zero-order valence-corrected chi connectivity index (χ0v) is 17.7. The van der Waals surface area contributed by atoms with Gasteiger partial charge < -0.3 is 9.30 Å². The van der Waals surface area contributed by atoms with Crippen LogP contribution in [0.25, 0.3) is 21.8 Å². The lowest BCUT2D eigenvalue weighted by Gasteiger charge is -2.35. The van der Waals surface area contributed by atoms with Crippen molar-refractivity contribution in [2.75, 3.05) is 0 Å². The van der Waals surface area contributed by atoms with Gasteiger partial charge in [0, 0.05) is 47.5 Å². The first-order chi connectivity index (χ1) is 15.7. The standard InChI is InChI=1S/C28H22N2O2/c1-17(31)30-23-14-8-6-12-20(23)26-25-21(27(32-28(26)30)18-9-3-2-4-10-18)16-29-22-13-7-5-11-19(22)15-24(25)29/h2-15,21,25,27H,16H2,1H3/t21-,25+,27?/m1/s1. The van der Waals surface area contributed by atoms with E-state index < -0.39 is 0 Å². The van der Waals surface area contributed by atoms with E-state index in [1.54, 1.807) is 11.5 Å². The highest BCUT2D eigenvalue weighted by Gasteiger charge is 2.48. The van der Waals surface area contributed by atoms with E-state index in [9.17, 15) is 4.79 Å². The lowest BCUT2D eigenvalue weighted by Crippen LogP contribution is -2.29. The Morgan fingerprint density at radius 1 is 0.906 bits per heavy atom. The summed E-state index contributed by atoms with van der Waals surface area (Å²) >= 11 is 0. The first-order valence-electron chi connectivity index (χ1n) is 11.2. The van der Waals surface area contributed by atoms with Crippen molar-refractivity contribution < 1.29 is 9.53 Å². The van der Waals surface area contributed by atoms with Crippen molar-refractivity contribution in [2.45, 2.75) is 25.5 Å². The molecule has 0 N–H and O–H groups in total. The fourth-order valence-corrected chi connectivity index (χ4v) is 6.00. The number of nitrogens with zero attached hydrogens (tertiary/aromatic N) is 2. The second-order valence-electron chi connectivity index (χ2n) is 8.92. The van der Waals surface area contributed by atoms with Crippen molar-refractivity contribution in [3.8, 4) is 5.88 Å². The number of para-hydroxylation sites is 2. The highest BCUT2D eigenvalue weighted by Crippen LogP contribution is 2.56. The van der Waals surface area contributed by atoms with Gasteiger partial charge in [0.2, 0.25) is 11.8 Å². The van der Waals surface area contributed by atoms with E-state index >= 15 is 0 Å². The molecular formula is C28H22N2O2. The summed E-state index contributed by atoms with van der Waals surface area (Å²) in [5.41, 5.74) is 5.80. The summed E-state index contributed by atoms with van der Waals surface area (Å²) in [7, 11) is 0. The van der Waals surface area contributed by atoms with E-state index in [1.807, 2.05) is 18.2 Å². The van der Waals surface area contributed by atoms with Gasteiger partial charge in [-0.25, -0.2) is 0 Å². The quantitative estimate of drug-likeness (QED) is 0.327. The van der Waals surface area contributed by atoms with Gasteiger partial charge in [0.05, 0.1) is 5.52 Å². The van der Waals surface area contributed by atoms with Crippen LogP contribution >= 0.6 is 0 Å². The molecule has 2 aliphatic heterocycles. The summed E-state index contributed by atoms with van der Waals surface area (Å²) in [6.07, 6.45) is -0.116. The van der Waals surface area contributed by atoms with Crippen LogP contribution in [-0.4, -0.2) is 15.0 Å². The van der Waals surface area contributed by atoms with Crippen LogP contribution < -0.4 is 4.74 Å². The fourth-order valence-electron chi connectivity index (χ4n) is 6.00. The number of carbonyl (C=O) groups is 1. The molecule has 4 nitrogen and oxygen atoms in total. The number of carbonyl (C=O) groups excluding carboxylic acids is 1. The van der Waals surface area contributed by atoms with Gasteiger partial charge in [0.15, 0.2) is 0 Å². The van der Waals surface area contributed by atoms with Gasteiger partial charge in [0.1, 0.15) is 6.10 Å². The highest BCUT2D eigenvalue weighted by atomic mass is 16.5. The molecule has 1 unspecified atom stereocenters. The van der Waals surface area contributed by atoms with Crippen molar-refractivity contribution in [1.29, 1.82) is 0 Å². The molecule has 3 atom stereocenters. The first kappa shape index (κ1) is 17.8. The molecule has 2 aromatic heterocycles. The first-order valence-corrected chi connectivity index (χ1v) is 11.2. The molecule has 0 spiro atoms. The van der Waals surface area contributed by atoms with E-state index in [4.69, 9.17) is 4.74 Å². The third-order valence-electron chi connectivity index (χ3n) is 7.23. The van der Waals surface area contributed by atoms with Crippen LogP contribution in [-0.2, 0) is 6.54 Å². The normalized spacial score (nSPS) is 21.2. The third-order valence-corrected chi connectivity index (χ3v) is 7.23. The van der Waals surface area contributed by atoms with E-state index in [0.29, 0.717) is 5.88 Å². The van der Waals surface area contributed by atoms with E-state index in [1.165, 1.54) is 16.6 Å². The van der Waals surface area contributed by atoms with Crippen molar-refractivity contribution >= 4 is 27.7 Å². The van der Waals surface area contributed by atoms with Crippen LogP contribution in [0.15, 0.2) is 84.9 Å². The Labute approximate surface area is 185 Å². The van der Waals surface area contributed by atoms with E-state index in [0.717, 1.165) is 28.6 Å². The fraction of sp³-hybridized carbons (Fsp3) is 0.179. The number of fused-ring (bicyclic) bond motifs is 9. The van der Waals surface area contributed by atoms with Crippen LogP contribution in [0.3, 0.4) is 0 Å². The summed E-state index contributed by atoms with van der Waals surface area (Å²) < 4.78 is 11.0. The van der Waals surface area contributed by atoms with Crippen LogP contribution in [0.4, 0.5) is 0 Å². The van der Waals surface area contributed by atoms with Gasteiger partial charge in [-0.05, 0) is 29.1 Å². The number of rotatable bonds is 1. The Kier molecular flexibility index (Phi) is 3.55. The maximum absolute atomic E-state index is 12.8. The van der Waals surface area contributed by atoms with Crippen molar-refractivity contribution in [3.05, 3.63) is 102 Å². The maximum atomic E-state index is 12.8. The second kappa shape index (κ2) is 6.36. The molecule has 4 heteroatoms. The number of ether oxygens (including phenoxy) is 1. The average molecular weight is 418 g/mol. The molecule has 0 saturated carbocycles. The Hall–Kier alpha value is -3.79. The summed E-state index contributed by atoms with van der Waals surface area (Å²) in [6.45, 7) is 2.51. The molecule has 5 aromatic rings. The summed E-state index contributed by atoms with van der Waals surface area (Å²) in [5, 5.41) is 2.37. The number of hydrogen-bond acceptors (Lipinski definition) is 2. The lowest BCUT2D eigenvalue weighted by atomic mass is 9.78. The van der Waals surface area contributed by atoms with Gasteiger partial charge in [-0.1, -0.05) is 66.7 Å². The summed E-state index contributed by atoms with van der Waals surface area (Å²) in [4.78, 5) is 12.8. The van der Waals surface area contributed by atoms with Crippen LogP contribution in [0.5, 0.6) is 5.88 Å². The lowest BCUT2D eigenvalue weighted by molar-refractivity contribution is 0.0808. The average Bonchev–Trinajstić information content (AvgIpc) is 3.46. The summed E-state index contributed by atoms with van der Waals surface area (Å²) in [5.74, 6) is 1.11. The molecule has 0 saturated heterocycles. The zero-order chi connectivity index (χ0) is 21.4. The molecule has 0 amide bonds. The van der Waals surface area contributed by atoms with Crippen LogP contribution in [0, 0.1) is 5.92 Å². The Bertz CT molecular complexity index is 1530. The molecule has 2 aliphatic rings. The van der Waals surface area contributed by atoms with Crippen LogP contribution in [0.1, 0.15) is 40.6 Å². The number of aromatic nitrogens is 2. The Morgan fingerprint density at radius 3 is 2.44 bits per heavy atom. The number of hydrogen-bond donors (Lipinski definition) is 0. The molecule has 0 aliphatic carbocycles. The smallest absolute Gasteiger partial charge is 0.230 e. The van der Waals surface area contributed by atoms with E-state index in [-0.39, 0.29) is 23.8 Å². The van der Waals surface area contributed by atoms with Gasteiger partial charge in [0.25, 0.3) is 0 Å². The largest absolute Gasteiger partial charge is 0.470 e. The highest BCUT2D eigenvalue weighted by molar-refractivity contribution is 5.98. The maximum Gasteiger partial charge on any atom is 0.230 e. The minimum atomic E-state index is -0.116. The second-order valence-corrected chi connectivity index (χ2v) is 8.92. The third kappa shape index (κ3) is 2.24. The van der Waals surface area contributed by atoms with Gasteiger partial charge >= 0.3 is 0 Å². The van der Waals surface area contributed by atoms with Gasteiger partial charge in [-0.15, -0.1) is 0 Å². The zero-order valence-electron chi connectivity index (χ0n) is 17.7. The Balaban J connectivity index is 1.56. The Morgan fingerprint density at radius 2 is 1.62 bits per heavy atom. The van der Waals surface area contributed by atoms with Gasteiger partial charge in [-0.2, -0.15) is 0 Å². The topological polar surface area (TPSA) is 36.2 Å². The van der Waals surface area contributed by atoms with Gasteiger partial charge in [-0.3, -0.25) is 9.36 Å². The summed E-state index contributed by atoms with van der Waals surface area (Å²) in [6, 6.07) is 29.6.